The van der Waals surface area contributed by atoms with Crippen LogP contribution in [-0.4, -0.2) is 18.1 Å². The zero-order valence-electron chi connectivity index (χ0n) is 13.8. The number of aryl methyl sites for hydroxylation is 1. The van der Waals surface area contributed by atoms with E-state index in [4.69, 9.17) is 9.15 Å². The van der Waals surface area contributed by atoms with E-state index < -0.39 is 0 Å². The Kier molecular flexibility index (Phi) is 4.71. The monoisotopic (exact) mass is 345 g/mol. The highest BCUT2D eigenvalue weighted by atomic mass is 32.1. The Hall–Kier alpha value is -2.54. The molecule has 0 saturated heterocycles. The summed E-state index contributed by atoms with van der Waals surface area (Å²) in [6.07, 6.45) is 1.72. The van der Waals surface area contributed by atoms with Gasteiger partial charge >= 0.3 is 6.03 Å². The lowest BCUT2D eigenvalue weighted by Gasteiger charge is -2.13. The molecule has 6 nitrogen and oxygen atoms in total. The van der Waals surface area contributed by atoms with E-state index in [1.54, 1.807) is 13.3 Å². The summed E-state index contributed by atoms with van der Waals surface area (Å²) in [6.45, 7) is 4.28. The first-order valence-electron chi connectivity index (χ1n) is 7.58. The minimum Gasteiger partial charge on any atom is -0.497 e. The van der Waals surface area contributed by atoms with E-state index in [0.717, 1.165) is 33.1 Å². The minimum atomic E-state index is -0.255. The number of thiazole rings is 1. The van der Waals surface area contributed by atoms with Gasteiger partial charge in [0.1, 0.15) is 22.1 Å². The van der Waals surface area contributed by atoms with Crippen molar-refractivity contribution in [2.75, 3.05) is 7.11 Å². The molecular formula is C17H19N3O3S. The van der Waals surface area contributed by atoms with Gasteiger partial charge in [-0.15, -0.1) is 11.3 Å². The number of benzene rings is 1. The maximum atomic E-state index is 12.0. The number of amides is 2. The number of nitrogens with zero attached hydrogens (tertiary/aromatic N) is 1. The van der Waals surface area contributed by atoms with Crippen molar-refractivity contribution in [3.05, 3.63) is 46.1 Å². The number of carbonyl (C=O) groups is 1. The van der Waals surface area contributed by atoms with E-state index >= 15 is 0 Å². The Labute approximate surface area is 143 Å². The van der Waals surface area contributed by atoms with Crippen LogP contribution >= 0.6 is 11.3 Å². The standard InChI is InChI=1S/C17H19N3O3S/c1-10-13-8-12(22-3)4-5-14(13)23-16(10)11(2)20-17(21)19-9-15-18-6-7-24-15/h4-8,11H,9H2,1-3H3,(H2,19,20,21). The van der Waals surface area contributed by atoms with Gasteiger partial charge in [0.2, 0.25) is 0 Å². The van der Waals surface area contributed by atoms with Crippen molar-refractivity contribution in [1.29, 1.82) is 0 Å². The number of ether oxygens (including phenoxy) is 1. The van der Waals surface area contributed by atoms with Crippen molar-refractivity contribution in [3.63, 3.8) is 0 Å². The van der Waals surface area contributed by atoms with Gasteiger partial charge in [-0.25, -0.2) is 9.78 Å². The molecule has 0 bridgehead atoms. The molecule has 0 radical (unpaired) electrons. The van der Waals surface area contributed by atoms with Crippen molar-refractivity contribution in [2.45, 2.75) is 26.4 Å². The molecule has 2 N–H and O–H groups in total. The van der Waals surface area contributed by atoms with Crippen molar-refractivity contribution in [1.82, 2.24) is 15.6 Å². The molecule has 0 aliphatic heterocycles. The van der Waals surface area contributed by atoms with Crippen LogP contribution in [0, 0.1) is 6.92 Å². The molecule has 0 aliphatic rings. The van der Waals surface area contributed by atoms with Crippen LogP contribution in [-0.2, 0) is 6.54 Å². The number of urea groups is 1. The lowest BCUT2D eigenvalue weighted by atomic mass is 10.1. The largest absolute Gasteiger partial charge is 0.497 e. The molecule has 1 atom stereocenters. The summed E-state index contributed by atoms with van der Waals surface area (Å²) in [6, 6.07) is 5.16. The lowest BCUT2D eigenvalue weighted by Crippen LogP contribution is -2.36. The Balaban J connectivity index is 1.70. The van der Waals surface area contributed by atoms with Crippen LogP contribution in [0.2, 0.25) is 0 Å². The molecule has 7 heteroatoms. The molecule has 1 aromatic carbocycles. The third kappa shape index (κ3) is 3.35. The molecule has 1 unspecified atom stereocenters. The smallest absolute Gasteiger partial charge is 0.315 e. The molecule has 0 fully saturated rings. The van der Waals surface area contributed by atoms with Gasteiger partial charge in [0.05, 0.1) is 19.7 Å². The number of carbonyl (C=O) groups excluding carboxylic acids is 1. The third-order valence-electron chi connectivity index (χ3n) is 3.80. The Bertz CT molecular complexity index is 842. The summed E-state index contributed by atoms with van der Waals surface area (Å²) in [7, 11) is 1.63. The van der Waals surface area contributed by atoms with Crippen LogP contribution in [0.5, 0.6) is 5.75 Å². The maximum absolute atomic E-state index is 12.0. The average molecular weight is 345 g/mol. The fraction of sp³-hybridized carbons (Fsp3) is 0.294. The topological polar surface area (TPSA) is 76.4 Å². The number of aromatic nitrogens is 1. The van der Waals surface area contributed by atoms with Gasteiger partial charge < -0.3 is 19.8 Å². The summed E-state index contributed by atoms with van der Waals surface area (Å²) < 4.78 is 11.2. The van der Waals surface area contributed by atoms with E-state index in [9.17, 15) is 4.79 Å². The Morgan fingerprint density at radius 3 is 3.00 bits per heavy atom. The molecule has 0 aliphatic carbocycles. The van der Waals surface area contributed by atoms with E-state index in [1.165, 1.54) is 11.3 Å². The fourth-order valence-electron chi connectivity index (χ4n) is 2.57. The molecule has 3 aromatic rings. The zero-order chi connectivity index (χ0) is 17.1. The van der Waals surface area contributed by atoms with E-state index in [-0.39, 0.29) is 12.1 Å². The number of methoxy groups -OCH3 is 1. The summed E-state index contributed by atoms with van der Waals surface area (Å²) in [5, 5.41) is 9.42. The summed E-state index contributed by atoms with van der Waals surface area (Å²) in [5.74, 6) is 1.52. The van der Waals surface area contributed by atoms with Crippen molar-refractivity contribution in [3.8, 4) is 5.75 Å². The van der Waals surface area contributed by atoms with Gasteiger partial charge in [-0.3, -0.25) is 0 Å². The van der Waals surface area contributed by atoms with Crippen molar-refractivity contribution >= 4 is 28.3 Å². The van der Waals surface area contributed by atoms with Crippen LogP contribution < -0.4 is 15.4 Å². The third-order valence-corrected chi connectivity index (χ3v) is 4.58. The van der Waals surface area contributed by atoms with Crippen molar-refractivity contribution < 1.29 is 13.9 Å². The van der Waals surface area contributed by atoms with Crippen molar-refractivity contribution in [2.24, 2.45) is 0 Å². The predicted octanol–water partition coefficient (Wildman–Crippen LogP) is 3.77. The summed E-state index contributed by atoms with van der Waals surface area (Å²) in [4.78, 5) is 16.2. The molecule has 3 rings (SSSR count). The number of furan rings is 1. The Morgan fingerprint density at radius 2 is 2.29 bits per heavy atom. The van der Waals surface area contributed by atoms with Crippen LogP contribution in [0.1, 0.15) is 29.3 Å². The molecule has 126 valence electrons. The van der Waals surface area contributed by atoms with Gasteiger partial charge in [-0.05, 0) is 32.0 Å². The van der Waals surface area contributed by atoms with Crippen LogP contribution in [0.15, 0.2) is 34.2 Å². The van der Waals surface area contributed by atoms with E-state index in [1.807, 2.05) is 37.4 Å². The Morgan fingerprint density at radius 1 is 1.46 bits per heavy atom. The summed E-state index contributed by atoms with van der Waals surface area (Å²) >= 11 is 1.51. The second kappa shape index (κ2) is 6.92. The van der Waals surface area contributed by atoms with E-state index in [2.05, 4.69) is 15.6 Å². The van der Waals surface area contributed by atoms with E-state index in [0.29, 0.717) is 6.54 Å². The fourth-order valence-corrected chi connectivity index (χ4v) is 3.12. The highest BCUT2D eigenvalue weighted by Crippen LogP contribution is 2.31. The van der Waals surface area contributed by atoms with Gasteiger partial charge in [0.25, 0.3) is 0 Å². The van der Waals surface area contributed by atoms with Crippen LogP contribution in [0.25, 0.3) is 11.0 Å². The van der Waals surface area contributed by atoms with Gasteiger partial charge in [-0.1, -0.05) is 0 Å². The molecule has 24 heavy (non-hydrogen) atoms. The number of hydrogen-bond donors (Lipinski definition) is 2. The van der Waals surface area contributed by atoms with Gasteiger partial charge in [-0.2, -0.15) is 0 Å². The highest BCUT2D eigenvalue weighted by Gasteiger charge is 2.18. The maximum Gasteiger partial charge on any atom is 0.315 e. The van der Waals surface area contributed by atoms with Gasteiger partial charge in [0.15, 0.2) is 0 Å². The number of fused-ring (bicyclic) bond motifs is 1. The minimum absolute atomic E-state index is 0.250. The number of nitrogens with one attached hydrogen (secondary N) is 2. The first kappa shape index (κ1) is 16.3. The first-order valence-corrected chi connectivity index (χ1v) is 8.46. The van der Waals surface area contributed by atoms with Gasteiger partial charge in [0, 0.05) is 22.5 Å². The normalized spacial score (nSPS) is 12.1. The average Bonchev–Trinajstić information content (AvgIpc) is 3.21. The molecule has 2 aromatic heterocycles. The quantitative estimate of drug-likeness (QED) is 0.738. The molecule has 0 saturated carbocycles. The second-order valence-electron chi connectivity index (χ2n) is 5.43. The predicted molar refractivity (Wildman–Crippen MR) is 93.4 cm³/mol. The van der Waals surface area contributed by atoms with Crippen LogP contribution in [0.4, 0.5) is 4.79 Å². The SMILES string of the molecule is COc1ccc2oc(C(C)NC(=O)NCc3nccs3)c(C)c2c1. The molecule has 0 spiro atoms. The molecule has 2 heterocycles. The van der Waals surface area contributed by atoms with Crippen LogP contribution in [0.3, 0.4) is 0 Å². The summed E-state index contributed by atoms with van der Waals surface area (Å²) in [5.41, 5.74) is 1.77. The number of hydrogen-bond acceptors (Lipinski definition) is 5. The lowest BCUT2D eigenvalue weighted by molar-refractivity contribution is 0.236. The zero-order valence-corrected chi connectivity index (χ0v) is 14.6. The molecule has 2 amide bonds. The molecular weight excluding hydrogens is 326 g/mol. The first-order chi connectivity index (χ1) is 11.6. The second-order valence-corrected chi connectivity index (χ2v) is 6.41. The highest BCUT2D eigenvalue weighted by molar-refractivity contribution is 7.09. The number of rotatable bonds is 5.